The Morgan fingerprint density at radius 3 is 2.50 bits per heavy atom. The van der Waals surface area contributed by atoms with Gasteiger partial charge in [-0.25, -0.2) is 4.98 Å². The molecule has 0 saturated heterocycles. The molecule has 9 heteroatoms. The molecule has 3 rings (SSSR count). The van der Waals surface area contributed by atoms with Gasteiger partial charge in [-0.1, -0.05) is 13.8 Å². The lowest BCUT2D eigenvalue weighted by molar-refractivity contribution is 0.225. The molecule has 2 aromatic heterocycles. The molecule has 0 spiro atoms. The number of imidazole rings is 1. The molecule has 28 heavy (non-hydrogen) atoms. The maximum Gasteiger partial charge on any atom is 0.396 e. The van der Waals surface area contributed by atoms with E-state index >= 15 is 0 Å². The van der Waals surface area contributed by atoms with Crippen molar-refractivity contribution in [3.05, 3.63) is 28.7 Å². The van der Waals surface area contributed by atoms with Crippen molar-refractivity contribution in [2.24, 2.45) is 5.92 Å². The van der Waals surface area contributed by atoms with Crippen LogP contribution in [0.25, 0.3) is 22.6 Å². The third kappa shape index (κ3) is 3.92. The van der Waals surface area contributed by atoms with E-state index in [0.29, 0.717) is 28.7 Å². The highest BCUT2D eigenvalue weighted by atomic mass is 79.9. The summed E-state index contributed by atoms with van der Waals surface area (Å²) in [5, 5.41) is 0. The number of fused-ring (bicyclic) bond motifs is 1. The number of hydrogen-bond donors (Lipinski definition) is 1. The molecule has 0 radical (unpaired) electrons. The van der Waals surface area contributed by atoms with Gasteiger partial charge in [-0.05, 0) is 60.0 Å². The topological polar surface area (TPSA) is 92.5 Å². The number of benzene rings is 1. The first kappa shape index (κ1) is 21.1. The molecule has 2 N–H and O–H groups in total. The normalized spacial score (nSPS) is 12.4. The monoisotopic (exact) mass is 469 g/mol. The number of nitrogen functional groups attached to an aromatic ring is 1. The van der Waals surface area contributed by atoms with Crippen molar-refractivity contribution in [1.82, 2.24) is 9.55 Å². The predicted octanol–water partition coefficient (Wildman–Crippen LogP) is 5.19. The van der Waals surface area contributed by atoms with Crippen molar-refractivity contribution in [2.75, 3.05) is 18.9 Å². The minimum absolute atomic E-state index is 0.168. The summed E-state index contributed by atoms with van der Waals surface area (Å²) in [6.45, 7) is 9.00. The molecule has 0 amide bonds. The van der Waals surface area contributed by atoms with Gasteiger partial charge < -0.3 is 23.8 Å². The molecule has 152 valence electrons. The molecule has 1 aromatic carbocycles. The average Bonchev–Trinajstić information content (AvgIpc) is 3.24. The zero-order valence-electron chi connectivity index (χ0n) is 16.4. The van der Waals surface area contributed by atoms with Crippen molar-refractivity contribution in [2.45, 2.75) is 34.2 Å². The second-order valence-electron chi connectivity index (χ2n) is 6.74. The summed E-state index contributed by atoms with van der Waals surface area (Å²) >= 11 is 3.60. The van der Waals surface area contributed by atoms with Gasteiger partial charge in [0.05, 0.1) is 24.4 Å². The Bertz CT molecular complexity index is 1020. The van der Waals surface area contributed by atoms with Crippen LogP contribution in [-0.2, 0) is 20.2 Å². The summed E-state index contributed by atoms with van der Waals surface area (Å²) in [4.78, 5) is 4.73. The van der Waals surface area contributed by atoms with Gasteiger partial charge in [0, 0.05) is 11.0 Å². The van der Waals surface area contributed by atoms with E-state index < -0.39 is 7.60 Å². The fraction of sp³-hybridized carbons (Fsp3) is 0.421. The van der Waals surface area contributed by atoms with Gasteiger partial charge in [0.25, 0.3) is 0 Å². The number of nitrogens with zero attached hydrogens (tertiary/aromatic N) is 2. The fourth-order valence-electron chi connectivity index (χ4n) is 3.05. The molecule has 0 aliphatic heterocycles. The van der Waals surface area contributed by atoms with Gasteiger partial charge in [0.15, 0.2) is 11.6 Å². The predicted molar refractivity (Wildman–Crippen MR) is 115 cm³/mol. The maximum absolute atomic E-state index is 13.0. The molecule has 0 saturated carbocycles. The summed E-state index contributed by atoms with van der Waals surface area (Å²) in [7, 11) is -3.51. The standard InChI is InChI=1S/C19H25BrN3O4P/c1-5-25-28(24,26-6-2)16-10-9-15(27-16)19-22-17-14(21)8-7-13(20)18(17)23(19)11-12(3)4/h7-10,12H,5-6,11,21H2,1-4H3. The van der Waals surface area contributed by atoms with Crippen LogP contribution < -0.4 is 11.2 Å². The first-order valence-corrected chi connectivity index (χ1v) is 11.6. The van der Waals surface area contributed by atoms with Crippen molar-refractivity contribution >= 4 is 45.7 Å². The van der Waals surface area contributed by atoms with E-state index in [1.54, 1.807) is 26.0 Å². The molecule has 3 aromatic rings. The molecule has 0 atom stereocenters. The van der Waals surface area contributed by atoms with Crippen LogP contribution in [-0.4, -0.2) is 22.8 Å². The SMILES string of the molecule is CCOP(=O)(OCC)c1ccc(-c2nc3c(N)ccc(Br)c3n2CC(C)C)o1. The summed E-state index contributed by atoms with van der Waals surface area (Å²) in [5.41, 5.74) is 8.51. The molecular weight excluding hydrogens is 445 g/mol. The lowest BCUT2D eigenvalue weighted by Gasteiger charge is -2.14. The minimum Gasteiger partial charge on any atom is -0.445 e. The van der Waals surface area contributed by atoms with Gasteiger partial charge in [0.2, 0.25) is 5.50 Å². The zero-order chi connectivity index (χ0) is 20.5. The lowest BCUT2D eigenvalue weighted by atomic mass is 10.2. The number of rotatable bonds is 8. The third-order valence-corrected chi connectivity index (χ3v) is 6.72. The molecule has 0 bridgehead atoms. The molecule has 2 heterocycles. The fourth-order valence-corrected chi connectivity index (χ4v) is 5.06. The van der Waals surface area contributed by atoms with Crippen LogP contribution in [0.4, 0.5) is 5.69 Å². The number of nitrogens with two attached hydrogens (primary N) is 1. The second kappa shape index (κ2) is 8.41. The summed E-state index contributed by atoms with van der Waals surface area (Å²) in [6, 6.07) is 7.09. The Balaban J connectivity index is 2.17. The number of aromatic nitrogens is 2. The van der Waals surface area contributed by atoms with Gasteiger partial charge >= 0.3 is 7.60 Å². The zero-order valence-corrected chi connectivity index (χ0v) is 18.9. The van der Waals surface area contributed by atoms with Crippen LogP contribution in [0.15, 0.2) is 33.2 Å². The lowest BCUT2D eigenvalue weighted by Crippen LogP contribution is -2.09. The maximum atomic E-state index is 13.0. The van der Waals surface area contributed by atoms with Crippen LogP contribution in [0, 0.1) is 5.92 Å². The summed E-state index contributed by atoms with van der Waals surface area (Å²) in [5.74, 6) is 1.47. The Morgan fingerprint density at radius 2 is 1.89 bits per heavy atom. The third-order valence-electron chi connectivity index (χ3n) is 4.10. The van der Waals surface area contributed by atoms with E-state index in [4.69, 9.17) is 24.2 Å². The number of hydrogen-bond acceptors (Lipinski definition) is 6. The summed E-state index contributed by atoms with van der Waals surface area (Å²) in [6.07, 6.45) is 0. The number of furan rings is 1. The van der Waals surface area contributed by atoms with E-state index in [-0.39, 0.29) is 18.7 Å². The largest absolute Gasteiger partial charge is 0.445 e. The molecule has 0 aliphatic carbocycles. The van der Waals surface area contributed by atoms with Crippen LogP contribution in [0.3, 0.4) is 0 Å². The van der Waals surface area contributed by atoms with Crippen molar-refractivity contribution in [3.63, 3.8) is 0 Å². The Hall–Kier alpha value is -1.60. The first-order chi connectivity index (χ1) is 13.3. The van der Waals surface area contributed by atoms with Crippen LogP contribution in [0.2, 0.25) is 0 Å². The highest BCUT2D eigenvalue weighted by molar-refractivity contribution is 9.10. The average molecular weight is 470 g/mol. The molecule has 7 nitrogen and oxygen atoms in total. The highest BCUT2D eigenvalue weighted by Gasteiger charge is 2.32. The number of anilines is 1. The number of halogens is 1. The van der Waals surface area contributed by atoms with Gasteiger partial charge in [-0.2, -0.15) is 0 Å². The van der Waals surface area contributed by atoms with E-state index in [1.165, 1.54) is 0 Å². The van der Waals surface area contributed by atoms with Crippen LogP contribution in [0.5, 0.6) is 0 Å². The van der Waals surface area contributed by atoms with Crippen LogP contribution in [0.1, 0.15) is 27.7 Å². The Kier molecular flexibility index (Phi) is 6.34. The van der Waals surface area contributed by atoms with E-state index in [0.717, 1.165) is 16.5 Å². The highest BCUT2D eigenvalue weighted by Crippen LogP contribution is 2.48. The first-order valence-electron chi connectivity index (χ1n) is 9.24. The Morgan fingerprint density at radius 1 is 1.21 bits per heavy atom. The van der Waals surface area contributed by atoms with E-state index in [2.05, 4.69) is 34.3 Å². The second-order valence-corrected chi connectivity index (χ2v) is 9.55. The van der Waals surface area contributed by atoms with Crippen LogP contribution >= 0.6 is 23.5 Å². The van der Waals surface area contributed by atoms with Gasteiger partial charge in [-0.3, -0.25) is 4.57 Å². The van der Waals surface area contributed by atoms with E-state index in [9.17, 15) is 4.57 Å². The van der Waals surface area contributed by atoms with E-state index in [1.807, 2.05) is 12.1 Å². The summed E-state index contributed by atoms with van der Waals surface area (Å²) < 4.78 is 32.7. The van der Waals surface area contributed by atoms with Gasteiger partial charge in [-0.15, -0.1) is 0 Å². The smallest absolute Gasteiger partial charge is 0.396 e. The minimum atomic E-state index is -3.51. The van der Waals surface area contributed by atoms with Crippen molar-refractivity contribution < 1.29 is 18.0 Å². The van der Waals surface area contributed by atoms with Gasteiger partial charge in [0.1, 0.15) is 5.52 Å². The molecular formula is C19H25BrN3O4P. The van der Waals surface area contributed by atoms with Crippen molar-refractivity contribution in [3.8, 4) is 11.6 Å². The molecule has 0 unspecified atom stereocenters. The Labute approximate surface area is 172 Å². The van der Waals surface area contributed by atoms with Crippen molar-refractivity contribution in [1.29, 1.82) is 0 Å². The molecule has 0 aliphatic rings. The quantitative estimate of drug-likeness (QED) is 0.360. The molecule has 0 fully saturated rings.